The van der Waals surface area contributed by atoms with Crippen LogP contribution in [0.5, 0.6) is 0 Å². The fraction of sp³-hybridized carbons (Fsp3) is 0.143. The summed E-state index contributed by atoms with van der Waals surface area (Å²) in [4.78, 5) is 0. The topological polar surface area (TPSA) is 0 Å². The Kier molecular flexibility index (Phi) is 2.12. The highest BCUT2D eigenvalue weighted by atomic mass is 79.9. The van der Waals surface area contributed by atoms with Gasteiger partial charge in [0, 0.05) is 9.85 Å². The quantitative estimate of drug-likeness (QED) is 0.656. The van der Waals surface area contributed by atoms with Gasteiger partial charge in [0.15, 0.2) is 0 Å². The van der Waals surface area contributed by atoms with Crippen molar-refractivity contribution < 1.29 is 0 Å². The van der Waals surface area contributed by atoms with Crippen LogP contribution in [-0.2, 0) is 0 Å². The Bertz CT molecular complexity index is 400. The lowest BCUT2D eigenvalue weighted by molar-refractivity contribution is 1.59. The molecule has 0 aliphatic rings. The standard InChI is InChI=1S/C7H4Br2S2/c1-3-5-6(11-7(3)9)4(8)2-10-5/h2H,1H3. The summed E-state index contributed by atoms with van der Waals surface area (Å²) in [6.45, 7) is 2.14. The van der Waals surface area contributed by atoms with E-state index in [-0.39, 0.29) is 0 Å². The Morgan fingerprint density at radius 3 is 2.64 bits per heavy atom. The molecular formula is C7H4Br2S2. The van der Waals surface area contributed by atoms with Crippen LogP contribution in [0.15, 0.2) is 13.6 Å². The van der Waals surface area contributed by atoms with Gasteiger partial charge < -0.3 is 0 Å². The SMILES string of the molecule is Cc1c(Br)sc2c(Br)csc12. The first-order chi connectivity index (χ1) is 5.20. The molecule has 0 aromatic carbocycles. The molecule has 0 radical (unpaired) electrons. The average Bonchev–Trinajstić information content (AvgIpc) is 2.43. The van der Waals surface area contributed by atoms with E-state index in [1.165, 1.54) is 23.2 Å². The molecule has 0 aliphatic carbocycles. The van der Waals surface area contributed by atoms with Gasteiger partial charge in [0.2, 0.25) is 0 Å². The molecule has 0 amide bonds. The largest absolute Gasteiger partial charge is 0.141 e. The Morgan fingerprint density at radius 1 is 1.27 bits per heavy atom. The summed E-state index contributed by atoms with van der Waals surface area (Å²) >= 11 is 10.6. The summed E-state index contributed by atoms with van der Waals surface area (Å²) in [6, 6.07) is 0. The molecule has 2 aromatic heterocycles. The molecule has 0 atom stereocenters. The lowest BCUT2D eigenvalue weighted by Crippen LogP contribution is -1.58. The number of fused-ring (bicyclic) bond motifs is 1. The smallest absolute Gasteiger partial charge is 0.0749 e. The molecule has 2 heterocycles. The van der Waals surface area contributed by atoms with E-state index < -0.39 is 0 Å². The van der Waals surface area contributed by atoms with Gasteiger partial charge in [-0.05, 0) is 44.3 Å². The zero-order valence-electron chi connectivity index (χ0n) is 5.65. The minimum Gasteiger partial charge on any atom is -0.141 e. The first-order valence-electron chi connectivity index (χ1n) is 3.01. The van der Waals surface area contributed by atoms with Gasteiger partial charge in [0.25, 0.3) is 0 Å². The zero-order chi connectivity index (χ0) is 8.01. The molecule has 0 N–H and O–H groups in total. The molecule has 0 nitrogen and oxygen atoms in total. The lowest BCUT2D eigenvalue weighted by Gasteiger charge is -1.81. The van der Waals surface area contributed by atoms with E-state index in [0.29, 0.717) is 0 Å². The first kappa shape index (κ1) is 8.23. The van der Waals surface area contributed by atoms with E-state index in [0.717, 1.165) is 0 Å². The molecule has 0 bridgehead atoms. The van der Waals surface area contributed by atoms with Crippen molar-refractivity contribution in [1.29, 1.82) is 0 Å². The molecule has 2 aromatic rings. The van der Waals surface area contributed by atoms with Gasteiger partial charge in [-0.15, -0.1) is 22.7 Å². The first-order valence-corrected chi connectivity index (χ1v) is 6.30. The van der Waals surface area contributed by atoms with Crippen molar-refractivity contribution in [2.45, 2.75) is 6.92 Å². The maximum Gasteiger partial charge on any atom is 0.0749 e. The van der Waals surface area contributed by atoms with Crippen LogP contribution in [0.1, 0.15) is 5.56 Å². The molecular weight excluding hydrogens is 308 g/mol. The number of hydrogen-bond donors (Lipinski definition) is 0. The van der Waals surface area contributed by atoms with E-state index in [4.69, 9.17) is 0 Å². The van der Waals surface area contributed by atoms with Crippen molar-refractivity contribution in [1.82, 2.24) is 0 Å². The summed E-state index contributed by atoms with van der Waals surface area (Å²) in [7, 11) is 0. The van der Waals surface area contributed by atoms with Crippen molar-refractivity contribution in [2.24, 2.45) is 0 Å². The van der Waals surface area contributed by atoms with Gasteiger partial charge in [0.1, 0.15) is 0 Å². The van der Waals surface area contributed by atoms with Crippen molar-refractivity contribution in [2.75, 3.05) is 0 Å². The van der Waals surface area contributed by atoms with Gasteiger partial charge in [-0.3, -0.25) is 0 Å². The highest BCUT2D eigenvalue weighted by Crippen LogP contribution is 2.42. The molecule has 11 heavy (non-hydrogen) atoms. The van der Waals surface area contributed by atoms with Gasteiger partial charge >= 0.3 is 0 Å². The summed E-state index contributed by atoms with van der Waals surface area (Å²) in [6.07, 6.45) is 0. The summed E-state index contributed by atoms with van der Waals surface area (Å²) < 4.78 is 5.23. The van der Waals surface area contributed by atoms with Crippen LogP contribution in [-0.4, -0.2) is 0 Å². The predicted molar refractivity (Wildman–Crippen MR) is 59.8 cm³/mol. The van der Waals surface area contributed by atoms with Gasteiger partial charge in [-0.1, -0.05) is 0 Å². The van der Waals surface area contributed by atoms with Gasteiger partial charge in [0.05, 0.1) is 13.2 Å². The van der Waals surface area contributed by atoms with Crippen LogP contribution in [0.2, 0.25) is 0 Å². The normalized spacial score (nSPS) is 11.2. The van der Waals surface area contributed by atoms with Crippen molar-refractivity contribution in [3.8, 4) is 0 Å². The average molecular weight is 312 g/mol. The molecule has 4 heteroatoms. The van der Waals surface area contributed by atoms with Crippen LogP contribution in [0.4, 0.5) is 0 Å². The number of aryl methyl sites for hydroxylation is 1. The van der Waals surface area contributed by atoms with E-state index in [9.17, 15) is 0 Å². The molecule has 0 saturated carbocycles. The third-order valence-electron chi connectivity index (χ3n) is 1.53. The van der Waals surface area contributed by atoms with Crippen LogP contribution < -0.4 is 0 Å². The van der Waals surface area contributed by atoms with Gasteiger partial charge in [-0.25, -0.2) is 0 Å². The maximum absolute atomic E-state index is 3.53. The Morgan fingerprint density at radius 2 is 2.00 bits per heavy atom. The molecule has 0 saturated heterocycles. The minimum absolute atomic E-state index is 1.22. The second-order valence-corrected chi connectivity index (χ2v) is 6.32. The molecule has 0 fully saturated rings. The van der Waals surface area contributed by atoms with Crippen LogP contribution >= 0.6 is 54.5 Å². The zero-order valence-corrected chi connectivity index (χ0v) is 10.5. The summed E-state index contributed by atoms with van der Waals surface area (Å²) in [5, 5.41) is 2.14. The second kappa shape index (κ2) is 2.83. The Hall–Kier alpha value is 0.620. The van der Waals surface area contributed by atoms with E-state index in [2.05, 4.69) is 44.2 Å². The summed E-state index contributed by atoms with van der Waals surface area (Å²) in [5.74, 6) is 0. The number of halogens is 2. The monoisotopic (exact) mass is 310 g/mol. The number of hydrogen-bond acceptors (Lipinski definition) is 2. The molecule has 0 unspecified atom stereocenters. The highest BCUT2D eigenvalue weighted by Gasteiger charge is 2.09. The van der Waals surface area contributed by atoms with Crippen molar-refractivity contribution in [3.05, 3.63) is 19.2 Å². The Balaban J connectivity index is 2.93. The highest BCUT2D eigenvalue weighted by molar-refractivity contribution is 9.11. The lowest BCUT2D eigenvalue weighted by atomic mass is 10.4. The Labute approximate surface area is 89.5 Å². The fourth-order valence-corrected chi connectivity index (χ4v) is 4.68. The predicted octanol–water partition coefficient (Wildman–Crippen LogP) is 4.80. The molecule has 2 rings (SSSR count). The van der Waals surface area contributed by atoms with Crippen molar-refractivity contribution >= 4 is 63.9 Å². The number of rotatable bonds is 0. The van der Waals surface area contributed by atoms with Crippen LogP contribution in [0.25, 0.3) is 9.40 Å². The van der Waals surface area contributed by atoms with Gasteiger partial charge in [-0.2, -0.15) is 0 Å². The second-order valence-electron chi connectivity index (χ2n) is 2.24. The fourth-order valence-electron chi connectivity index (χ4n) is 0.935. The molecule has 0 spiro atoms. The molecule has 0 aliphatic heterocycles. The van der Waals surface area contributed by atoms with E-state index >= 15 is 0 Å². The van der Waals surface area contributed by atoms with E-state index in [1.807, 2.05) is 0 Å². The summed E-state index contributed by atoms with van der Waals surface area (Å²) in [5.41, 5.74) is 1.36. The molecule has 58 valence electrons. The third kappa shape index (κ3) is 1.20. The van der Waals surface area contributed by atoms with E-state index in [1.54, 1.807) is 22.7 Å². The van der Waals surface area contributed by atoms with Crippen LogP contribution in [0.3, 0.4) is 0 Å². The van der Waals surface area contributed by atoms with Crippen molar-refractivity contribution in [3.63, 3.8) is 0 Å². The van der Waals surface area contributed by atoms with Crippen LogP contribution in [0, 0.1) is 6.92 Å². The third-order valence-corrected chi connectivity index (χ3v) is 6.14. The minimum atomic E-state index is 1.22. The maximum atomic E-state index is 3.53. The number of thiophene rings is 2.